The molecule has 2 aromatic carbocycles. The van der Waals surface area contributed by atoms with E-state index in [4.69, 9.17) is 4.74 Å². The number of nitrogens with one attached hydrogen (secondary N) is 1. The van der Waals surface area contributed by atoms with Gasteiger partial charge >= 0.3 is 6.18 Å². The number of aryl methyl sites for hydroxylation is 1. The second-order valence-electron chi connectivity index (χ2n) is 10.6. The average molecular weight is 580 g/mol. The lowest BCUT2D eigenvalue weighted by Crippen LogP contribution is -2.42. The zero-order valence-corrected chi connectivity index (χ0v) is 23.8. The molecule has 0 spiro atoms. The van der Waals surface area contributed by atoms with Crippen LogP contribution in [0.2, 0.25) is 0 Å². The molecule has 42 heavy (non-hydrogen) atoms. The fourth-order valence-corrected chi connectivity index (χ4v) is 5.06. The summed E-state index contributed by atoms with van der Waals surface area (Å²) < 4.78 is 48.3. The van der Waals surface area contributed by atoms with Crippen LogP contribution in [-0.4, -0.2) is 71.1 Å². The molecule has 9 nitrogen and oxygen atoms in total. The van der Waals surface area contributed by atoms with Gasteiger partial charge in [0.25, 0.3) is 5.91 Å². The maximum absolute atomic E-state index is 13.8. The molecule has 220 valence electrons. The molecule has 1 N–H and O–H groups in total. The van der Waals surface area contributed by atoms with Crippen LogP contribution in [0.1, 0.15) is 34.3 Å². The standard InChI is InChI=1S/C30H32F3N7O2/c1-19-5-6-20(12-28(19)40-18-27(36-37-40)21-11-26(42-4)17-34-16-21)29(41)35-23-13-22(30(31,32)33)14-25(15-23)39-9-7-24(8-10-39)38(2)3/h5-6,11-18,24H,7-10H2,1-4H3,(H,35,41). The number of hydrogen-bond acceptors (Lipinski definition) is 7. The van der Waals surface area contributed by atoms with E-state index in [-0.39, 0.29) is 11.3 Å². The number of amides is 1. The third-order valence-corrected chi connectivity index (χ3v) is 7.52. The van der Waals surface area contributed by atoms with Gasteiger partial charge in [0.15, 0.2) is 0 Å². The molecule has 0 aliphatic carbocycles. The normalized spacial score (nSPS) is 14.3. The SMILES string of the molecule is COc1cncc(-c2cn(-c3cc(C(=O)Nc4cc(N5CCC(N(C)C)CC5)cc(C(F)(F)F)c4)ccc3C)nn2)c1. The number of aromatic nitrogens is 4. The van der Waals surface area contributed by atoms with Crippen molar-refractivity contribution >= 4 is 17.3 Å². The largest absolute Gasteiger partial charge is 0.495 e. The van der Waals surface area contributed by atoms with Gasteiger partial charge in [0.1, 0.15) is 11.4 Å². The van der Waals surface area contributed by atoms with Gasteiger partial charge in [0, 0.05) is 47.8 Å². The van der Waals surface area contributed by atoms with Crippen molar-refractivity contribution in [3.05, 3.63) is 77.7 Å². The van der Waals surface area contributed by atoms with Crippen LogP contribution in [0.15, 0.2) is 61.1 Å². The number of nitrogens with zero attached hydrogens (tertiary/aromatic N) is 6. The predicted molar refractivity (Wildman–Crippen MR) is 154 cm³/mol. The summed E-state index contributed by atoms with van der Waals surface area (Å²) in [6.07, 6.45) is 2.06. The van der Waals surface area contributed by atoms with E-state index in [2.05, 4.69) is 25.5 Å². The van der Waals surface area contributed by atoms with Crippen LogP contribution < -0.4 is 15.0 Å². The van der Waals surface area contributed by atoms with E-state index in [0.717, 1.165) is 30.5 Å². The van der Waals surface area contributed by atoms with Gasteiger partial charge in [-0.1, -0.05) is 11.3 Å². The van der Waals surface area contributed by atoms with E-state index in [0.29, 0.717) is 47.5 Å². The van der Waals surface area contributed by atoms with E-state index >= 15 is 0 Å². The van der Waals surface area contributed by atoms with Gasteiger partial charge in [-0.3, -0.25) is 9.78 Å². The molecule has 1 amide bonds. The molecule has 3 heterocycles. The first-order valence-corrected chi connectivity index (χ1v) is 13.5. The zero-order valence-electron chi connectivity index (χ0n) is 23.8. The number of methoxy groups -OCH3 is 1. The summed E-state index contributed by atoms with van der Waals surface area (Å²) in [7, 11) is 5.56. The Hall–Kier alpha value is -4.45. The van der Waals surface area contributed by atoms with E-state index in [1.54, 1.807) is 60.7 Å². The van der Waals surface area contributed by atoms with Crippen LogP contribution in [-0.2, 0) is 6.18 Å². The lowest BCUT2D eigenvalue weighted by Gasteiger charge is -2.36. The number of rotatable bonds is 7. The Morgan fingerprint density at radius 3 is 2.52 bits per heavy atom. The van der Waals surface area contributed by atoms with E-state index < -0.39 is 17.6 Å². The number of ether oxygens (including phenoxy) is 1. The molecule has 4 aromatic rings. The minimum Gasteiger partial charge on any atom is -0.495 e. The number of hydrogen-bond donors (Lipinski definition) is 1. The molecule has 0 unspecified atom stereocenters. The highest BCUT2D eigenvalue weighted by atomic mass is 19.4. The van der Waals surface area contributed by atoms with Crippen molar-refractivity contribution in [1.82, 2.24) is 24.9 Å². The Bertz CT molecular complexity index is 1580. The number of carbonyl (C=O) groups excluding carboxylic acids is 1. The predicted octanol–water partition coefficient (Wildman–Crippen LogP) is 5.45. The van der Waals surface area contributed by atoms with Crippen LogP contribution in [0.3, 0.4) is 0 Å². The summed E-state index contributed by atoms with van der Waals surface area (Å²) in [6.45, 7) is 3.12. The first kappa shape index (κ1) is 29.1. The first-order valence-electron chi connectivity index (χ1n) is 13.5. The summed E-state index contributed by atoms with van der Waals surface area (Å²) in [4.78, 5) is 21.5. The van der Waals surface area contributed by atoms with Gasteiger partial charge in [-0.05, 0) is 75.8 Å². The summed E-state index contributed by atoms with van der Waals surface area (Å²) >= 11 is 0. The molecule has 2 aromatic heterocycles. The fraction of sp³-hybridized carbons (Fsp3) is 0.333. The smallest absolute Gasteiger partial charge is 0.416 e. The molecule has 1 fully saturated rings. The van der Waals surface area contributed by atoms with Gasteiger partial charge < -0.3 is 19.9 Å². The van der Waals surface area contributed by atoms with Gasteiger partial charge in [-0.15, -0.1) is 5.10 Å². The Labute approximate surface area is 241 Å². The second-order valence-corrected chi connectivity index (χ2v) is 10.6. The fourth-order valence-electron chi connectivity index (χ4n) is 5.06. The summed E-state index contributed by atoms with van der Waals surface area (Å²) in [5.41, 5.74) is 2.66. The van der Waals surface area contributed by atoms with Gasteiger partial charge in [-0.2, -0.15) is 13.2 Å². The van der Waals surface area contributed by atoms with E-state index in [1.807, 2.05) is 25.9 Å². The number of piperidine rings is 1. The summed E-state index contributed by atoms with van der Waals surface area (Å²) in [6, 6.07) is 10.9. The zero-order chi connectivity index (χ0) is 30.0. The van der Waals surface area contributed by atoms with Gasteiger partial charge in [0.05, 0.1) is 30.8 Å². The Morgan fingerprint density at radius 1 is 1.07 bits per heavy atom. The molecule has 1 saturated heterocycles. The molecule has 0 saturated carbocycles. The van der Waals surface area contributed by atoms with Crippen LogP contribution in [0.4, 0.5) is 24.5 Å². The number of alkyl halides is 3. The molecule has 1 aliphatic heterocycles. The van der Waals surface area contributed by atoms with Crippen molar-refractivity contribution in [2.24, 2.45) is 0 Å². The molecule has 0 atom stereocenters. The molecule has 0 bridgehead atoms. The summed E-state index contributed by atoms with van der Waals surface area (Å²) in [5, 5.41) is 11.1. The van der Waals surface area contributed by atoms with E-state index in [9.17, 15) is 18.0 Å². The molecule has 0 radical (unpaired) electrons. The van der Waals surface area contributed by atoms with Crippen molar-refractivity contribution < 1.29 is 22.7 Å². The topological polar surface area (TPSA) is 88.4 Å². The Kier molecular flexibility index (Phi) is 8.17. The van der Waals surface area contributed by atoms with Crippen molar-refractivity contribution in [3.63, 3.8) is 0 Å². The Balaban J connectivity index is 1.39. The maximum Gasteiger partial charge on any atom is 0.416 e. The van der Waals surface area contributed by atoms with Crippen LogP contribution in [0.5, 0.6) is 5.75 Å². The second kappa shape index (κ2) is 11.8. The van der Waals surface area contributed by atoms with Crippen LogP contribution >= 0.6 is 0 Å². The minimum absolute atomic E-state index is 0.0789. The van der Waals surface area contributed by atoms with Crippen molar-refractivity contribution in [2.75, 3.05) is 44.5 Å². The third-order valence-electron chi connectivity index (χ3n) is 7.52. The van der Waals surface area contributed by atoms with Crippen molar-refractivity contribution in [1.29, 1.82) is 0 Å². The Morgan fingerprint density at radius 2 is 1.83 bits per heavy atom. The monoisotopic (exact) mass is 579 g/mol. The number of anilines is 2. The highest BCUT2D eigenvalue weighted by Crippen LogP contribution is 2.35. The molecular formula is C30H32F3N7O2. The third kappa shape index (κ3) is 6.38. The minimum atomic E-state index is -4.56. The lowest BCUT2D eigenvalue weighted by atomic mass is 10.0. The quantitative estimate of drug-likeness (QED) is 0.312. The molecule has 12 heteroatoms. The van der Waals surface area contributed by atoms with E-state index in [1.165, 1.54) is 0 Å². The van der Waals surface area contributed by atoms with Crippen molar-refractivity contribution in [3.8, 4) is 22.7 Å². The highest BCUT2D eigenvalue weighted by Gasteiger charge is 2.32. The summed E-state index contributed by atoms with van der Waals surface area (Å²) in [5.74, 6) is 0.0397. The maximum atomic E-state index is 13.8. The average Bonchev–Trinajstić information content (AvgIpc) is 3.47. The number of benzene rings is 2. The lowest BCUT2D eigenvalue weighted by molar-refractivity contribution is -0.137. The van der Waals surface area contributed by atoms with Gasteiger partial charge in [0.2, 0.25) is 0 Å². The van der Waals surface area contributed by atoms with Crippen LogP contribution in [0.25, 0.3) is 16.9 Å². The first-order chi connectivity index (χ1) is 20.0. The van der Waals surface area contributed by atoms with Crippen LogP contribution in [0, 0.1) is 6.92 Å². The number of pyridine rings is 1. The highest BCUT2D eigenvalue weighted by molar-refractivity contribution is 6.05. The molecule has 5 rings (SSSR count). The number of carbonyl (C=O) groups is 1. The van der Waals surface area contributed by atoms with Crippen molar-refractivity contribution in [2.45, 2.75) is 32.0 Å². The van der Waals surface area contributed by atoms with Gasteiger partial charge in [-0.25, -0.2) is 4.68 Å². The number of halogens is 3. The molecular weight excluding hydrogens is 547 g/mol. The molecule has 1 aliphatic rings.